The fourth-order valence-electron chi connectivity index (χ4n) is 4.11. The Labute approximate surface area is 211 Å². The van der Waals surface area contributed by atoms with Crippen LogP contribution in [0.4, 0.5) is 24.8 Å². The van der Waals surface area contributed by atoms with E-state index in [1.165, 1.54) is 0 Å². The molecule has 5 rings (SSSR count). The molecule has 1 aromatic carbocycles. The van der Waals surface area contributed by atoms with Crippen molar-refractivity contribution in [1.29, 1.82) is 0 Å². The largest absolute Gasteiger partial charge is 0.417 e. The Morgan fingerprint density at radius 2 is 1.81 bits per heavy atom. The van der Waals surface area contributed by atoms with Crippen molar-refractivity contribution in [1.82, 2.24) is 25.5 Å². The molecule has 8 nitrogen and oxygen atoms in total. The van der Waals surface area contributed by atoms with Gasteiger partial charge in [-0.25, -0.2) is 9.97 Å². The van der Waals surface area contributed by atoms with Gasteiger partial charge < -0.3 is 16.0 Å². The normalized spacial score (nSPS) is 13.8. The van der Waals surface area contributed by atoms with Crippen molar-refractivity contribution < 1.29 is 18.0 Å². The summed E-state index contributed by atoms with van der Waals surface area (Å²) >= 11 is 0. The van der Waals surface area contributed by atoms with E-state index in [1.54, 1.807) is 6.20 Å². The Morgan fingerprint density at radius 1 is 1.03 bits per heavy atom. The number of hydrogen-bond donors (Lipinski definition) is 4. The van der Waals surface area contributed by atoms with E-state index in [4.69, 9.17) is 0 Å². The number of rotatable bonds is 8. The highest BCUT2D eigenvalue weighted by Crippen LogP contribution is 2.31. The number of alkyl halides is 3. The molecule has 0 atom stereocenters. The van der Waals surface area contributed by atoms with Crippen molar-refractivity contribution in [3.63, 3.8) is 0 Å². The molecule has 11 heteroatoms. The zero-order chi connectivity index (χ0) is 26.0. The van der Waals surface area contributed by atoms with E-state index < -0.39 is 17.6 Å². The molecule has 0 radical (unpaired) electrons. The average Bonchev–Trinajstić information content (AvgIpc) is 3.27. The second kappa shape index (κ2) is 10.1. The highest BCUT2D eigenvalue weighted by molar-refractivity contribution is 5.99. The van der Waals surface area contributed by atoms with E-state index in [2.05, 4.69) is 36.1 Å². The number of anilines is 2. The molecule has 3 aromatic heterocycles. The fourth-order valence-corrected chi connectivity index (χ4v) is 4.11. The van der Waals surface area contributed by atoms with Crippen LogP contribution in [0.3, 0.4) is 0 Å². The zero-order valence-electron chi connectivity index (χ0n) is 20.1. The van der Waals surface area contributed by atoms with Gasteiger partial charge in [-0.3, -0.25) is 9.89 Å². The lowest BCUT2D eigenvalue weighted by molar-refractivity contribution is -0.137. The molecule has 1 saturated carbocycles. The number of nitrogens with zero attached hydrogens (tertiary/aromatic N) is 3. The molecular formula is C26H26F3N7O. The highest BCUT2D eigenvalue weighted by Gasteiger charge is 2.33. The lowest BCUT2D eigenvalue weighted by Crippen LogP contribution is -2.39. The molecule has 0 spiro atoms. The Hall–Kier alpha value is -4.15. The quantitative estimate of drug-likeness (QED) is 0.255. The number of aromatic amines is 1. The summed E-state index contributed by atoms with van der Waals surface area (Å²) in [5.74, 6) is 0.300. The van der Waals surface area contributed by atoms with Crippen LogP contribution in [-0.2, 0) is 12.7 Å². The number of H-pyrrole nitrogens is 1. The van der Waals surface area contributed by atoms with Crippen LogP contribution < -0.4 is 16.0 Å². The number of carbonyl (C=O) groups excluding carboxylic acids is 1. The van der Waals surface area contributed by atoms with Crippen LogP contribution in [0, 0.1) is 0 Å². The molecule has 1 amide bonds. The number of hydrogen-bond acceptors (Lipinski definition) is 6. The minimum absolute atomic E-state index is 0.00738. The third kappa shape index (κ3) is 5.35. The predicted molar refractivity (Wildman–Crippen MR) is 135 cm³/mol. The number of fused-ring (bicyclic) bond motifs is 1. The van der Waals surface area contributed by atoms with Crippen molar-refractivity contribution in [3.8, 4) is 11.1 Å². The first-order valence-corrected chi connectivity index (χ1v) is 12.1. The van der Waals surface area contributed by atoms with Crippen LogP contribution in [0.1, 0.15) is 47.7 Å². The number of amides is 1. The van der Waals surface area contributed by atoms with Crippen molar-refractivity contribution in [3.05, 3.63) is 65.5 Å². The second-order valence-corrected chi connectivity index (χ2v) is 8.99. The molecule has 1 aliphatic rings. The summed E-state index contributed by atoms with van der Waals surface area (Å²) in [5, 5.41) is 17.1. The van der Waals surface area contributed by atoms with Gasteiger partial charge in [-0.05, 0) is 49.4 Å². The van der Waals surface area contributed by atoms with Gasteiger partial charge in [-0.15, -0.1) is 0 Å². The summed E-state index contributed by atoms with van der Waals surface area (Å²) in [6, 6.07) is 10.6. The first-order chi connectivity index (χ1) is 17.8. The number of pyridine rings is 2. The van der Waals surface area contributed by atoms with E-state index in [0.717, 1.165) is 66.0 Å². The van der Waals surface area contributed by atoms with Gasteiger partial charge in [0.05, 0.1) is 16.5 Å². The molecule has 4 N–H and O–H groups in total. The number of carbonyl (C=O) groups is 1. The molecule has 192 valence electrons. The van der Waals surface area contributed by atoms with Crippen LogP contribution in [-0.4, -0.2) is 38.7 Å². The topological polar surface area (TPSA) is 108 Å². The summed E-state index contributed by atoms with van der Waals surface area (Å²) in [6.45, 7) is 3.02. The van der Waals surface area contributed by atoms with E-state index in [0.29, 0.717) is 5.65 Å². The van der Waals surface area contributed by atoms with Gasteiger partial charge in [0.25, 0.3) is 5.91 Å². The zero-order valence-corrected chi connectivity index (χ0v) is 20.1. The SMILES string of the molecule is CCNc1n[nH]c2ncc(-c3ccc(CNc4ncc(C(F)(F)F)cc4C(=O)NC4CCC4)cc3)cc12. The summed E-state index contributed by atoms with van der Waals surface area (Å²) in [4.78, 5) is 21.1. The Balaban J connectivity index is 1.32. The minimum Gasteiger partial charge on any atom is -0.368 e. The van der Waals surface area contributed by atoms with E-state index in [9.17, 15) is 18.0 Å². The first-order valence-electron chi connectivity index (χ1n) is 12.1. The van der Waals surface area contributed by atoms with Crippen LogP contribution >= 0.6 is 0 Å². The van der Waals surface area contributed by atoms with Crippen molar-refractivity contribution in [2.45, 2.75) is 44.9 Å². The maximum atomic E-state index is 13.3. The van der Waals surface area contributed by atoms with Gasteiger partial charge in [0, 0.05) is 37.1 Å². The molecule has 3 heterocycles. The van der Waals surface area contributed by atoms with Crippen molar-refractivity contribution >= 4 is 28.6 Å². The van der Waals surface area contributed by atoms with Crippen LogP contribution in [0.15, 0.2) is 48.8 Å². The van der Waals surface area contributed by atoms with E-state index in [-0.39, 0.29) is 24.0 Å². The molecule has 1 aliphatic carbocycles. The van der Waals surface area contributed by atoms with E-state index >= 15 is 0 Å². The van der Waals surface area contributed by atoms with Gasteiger partial charge >= 0.3 is 6.18 Å². The van der Waals surface area contributed by atoms with Gasteiger partial charge in [0.1, 0.15) is 5.82 Å². The summed E-state index contributed by atoms with van der Waals surface area (Å²) < 4.78 is 39.8. The van der Waals surface area contributed by atoms with Crippen LogP contribution in [0.2, 0.25) is 0 Å². The summed E-state index contributed by atoms with van der Waals surface area (Å²) in [5.41, 5.74) is 2.38. The average molecular weight is 510 g/mol. The molecule has 0 saturated heterocycles. The van der Waals surface area contributed by atoms with Crippen LogP contribution in [0.25, 0.3) is 22.2 Å². The van der Waals surface area contributed by atoms with Gasteiger partial charge in [0.2, 0.25) is 0 Å². The molecule has 0 unspecified atom stereocenters. The Morgan fingerprint density at radius 3 is 2.49 bits per heavy atom. The maximum Gasteiger partial charge on any atom is 0.417 e. The van der Waals surface area contributed by atoms with Crippen molar-refractivity contribution in [2.24, 2.45) is 0 Å². The standard InChI is InChI=1S/C26H26F3N7O/c1-2-30-23-20-10-17(13-32-24(20)36-35-23)16-8-6-15(7-9-16)12-31-22-21(25(37)34-19-4-3-5-19)11-18(14-33-22)26(27,28)29/h6-11,13-14,19H,2-5,12H2,1H3,(H,31,33)(H,34,37)(H2,30,32,35,36). The number of benzene rings is 1. The van der Waals surface area contributed by atoms with Gasteiger partial charge in [-0.1, -0.05) is 24.3 Å². The second-order valence-electron chi connectivity index (χ2n) is 8.99. The smallest absolute Gasteiger partial charge is 0.368 e. The van der Waals surface area contributed by atoms with Crippen molar-refractivity contribution in [2.75, 3.05) is 17.2 Å². The molecule has 0 aliphatic heterocycles. The molecule has 1 fully saturated rings. The summed E-state index contributed by atoms with van der Waals surface area (Å²) in [6.07, 6.45) is 0.568. The first kappa shape index (κ1) is 24.5. The third-order valence-corrected chi connectivity index (χ3v) is 6.41. The Kier molecular flexibility index (Phi) is 6.68. The monoisotopic (exact) mass is 509 g/mol. The number of nitrogens with one attached hydrogen (secondary N) is 4. The lowest BCUT2D eigenvalue weighted by atomic mass is 9.93. The number of halogens is 3. The van der Waals surface area contributed by atoms with Gasteiger partial charge in [-0.2, -0.15) is 18.3 Å². The predicted octanol–water partition coefficient (Wildman–Crippen LogP) is 5.36. The highest BCUT2D eigenvalue weighted by atomic mass is 19.4. The maximum absolute atomic E-state index is 13.3. The molecule has 37 heavy (non-hydrogen) atoms. The molecule has 4 aromatic rings. The minimum atomic E-state index is -4.59. The fraction of sp³-hybridized carbons (Fsp3) is 0.308. The molecular weight excluding hydrogens is 483 g/mol. The van der Waals surface area contributed by atoms with Gasteiger partial charge in [0.15, 0.2) is 11.5 Å². The van der Waals surface area contributed by atoms with Crippen LogP contribution in [0.5, 0.6) is 0 Å². The summed E-state index contributed by atoms with van der Waals surface area (Å²) in [7, 11) is 0. The van der Waals surface area contributed by atoms with E-state index in [1.807, 2.05) is 37.3 Å². The Bertz CT molecular complexity index is 1410. The third-order valence-electron chi connectivity index (χ3n) is 6.41. The molecule has 0 bridgehead atoms. The lowest BCUT2D eigenvalue weighted by Gasteiger charge is -2.26. The number of aromatic nitrogens is 4.